The first-order chi connectivity index (χ1) is 11.7. The van der Waals surface area contributed by atoms with Gasteiger partial charge in [-0.2, -0.15) is 0 Å². The van der Waals surface area contributed by atoms with Gasteiger partial charge in [0.25, 0.3) is 5.91 Å². The zero-order valence-electron chi connectivity index (χ0n) is 13.8. The number of nitrogens with zero attached hydrogens (tertiary/aromatic N) is 1. The lowest BCUT2D eigenvalue weighted by Gasteiger charge is -2.51. The van der Waals surface area contributed by atoms with Crippen LogP contribution in [-0.2, 0) is 4.74 Å². The highest BCUT2D eigenvalue weighted by Gasteiger charge is 2.53. The van der Waals surface area contributed by atoms with Crippen LogP contribution >= 0.6 is 0 Å². The summed E-state index contributed by atoms with van der Waals surface area (Å²) in [7, 11) is 0. The van der Waals surface area contributed by atoms with Crippen molar-refractivity contribution in [2.24, 2.45) is 0 Å². The normalized spacial score (nSPS) is 29.0. The minimum Gasteiger partial charge on any atom is -0.387 e. The fraction of sp³-hybridized carbons (Fsp3) is 0.588. The van der Waals surface area contributed by atoms with Crippen LogP contribution in [0.1, 0.15) is 36.5 Å². The topological polar surface area (TPSA) is 70.0 Å². The number of amides is 1. The summed E-state index contributed by atoms with van der Waals surface area (Å²) in [5.41, 5.74) is -2.78. The Balaban J connectivity index is 1.74. The third-order valence-corrected chi connectivity index (χ3v) is 5.22. The third-order valence-electron chi connectivity index (χ3n) is 5.22. The van der Waals surface area contributed by atoms with Gasteiger partial charge in [0.1, 0.15) is 17.5 Å². The van der Waals surface area contributed by atoms with Crippen LogP contribution in [0.25, 0.3) is 0 Å². The molecule has 1 amide bonds. The number of carbonyl (C=O) groups excluding carboxylic acids is 1. The molecule has 1 aromatic rings. The summed E-state index contributed by atoms with van der Waals surface area (Å²) in [6, 6.07) is 0.896. The van der Waals surface area contributed by atoms with E-state index in [4.69, 9.17) is 4.74 Å². The van der Waals surface area contributed by atoms with Crippen LogP contribution < -0.4 is 0 Å². The number of likely N-dealkylation sites (tertiary alicyclic amines) is 1. The lowest BCUT2D eigenvalue weighted by molar-refractivity contribution is -0.244. The molecule has 2 aliphatic rings. The lowest BCUT2D eigenvalue weighted by atomic mass is 9.75. The highest BCUT2D eigenvalue weighted by Crippen LogP contribution is 2.40. The molecule has 2 fully saturated rings. The SMILES string of the molecule is C[C@@]1(O)CCOC2(CCN(C(=O)c3cc(F)c(F)cc3F)CC2)[C@H]1O. The van der Waals surface area contributed by atoms with Gasteiger partial charge in [-0.15, -0.1) is 0 Å². The summed E-state index contributed by atoms with van der Waals surface area (Å²) < 4.78 is 45.8. The Kier molecular flexibility index (Phi) is 4.55. The average molecular weight is 359 g/mol. The van der Waals surface area contributed by atoms with Crippen molar-refractivity contribution < 1.29 is 32.9 Å². The molecule has 0 aromatic heterocycles. The van der Waals surface area contributed by atoms with Crippen LogP contribution in [0.5, 0.6) is 0 Å². The van der Waals surface area contributed by atoms with E-state index in [-0.39, 0.29) is 32.5 Å². The van der Waals surface area contributed by atoms with Gasteiger partial charge < -0.3 is 19.8 Å². The summed E-state index contributed by atoms with van der Waals surface area (Å²) in [6.07, 6.45) is -0.299. The van der Waals surface area contributed by atoms with E-state index in [1.807, 2.05) is 0 Å². The molecule has 2 heterocycles. The monoisotopic (exact) mass is 359 g/mol. The maximum Gasteiger partial charge on any atom is 0.256 e. The van der Waals surface area contributed by atoms with Crippen LogP contribution in [0, 0.1) is 17.5 Å². The molecule has 8 heteroatoms. The average Bonchev–Trinajstić information content (AvgIpc) is 2.56. The fourth-order valence-electron chi connectivity index (χ4n) is 3.61. The van der Waals surface area contributed by atoms with Crippen LogP contribution in [0.15, 0.2) is 12.1 Å². The number of hydrogen-bond acceptors (Lipinski definition) is 4. The van der Waals surface area contributed by atoms with Gasteiger partial charge in [-0.1, -0.05) is 0 Å². The van der Waals surface area contributed by atoms with E-state index in [0.29, 0.717) is 18.6 Å². The van der Waals surface area contributed by atoms with Gasteiger partial charge in [0, 0.05) is 25.6 Å². The second kappa shape index (κ2) is 6.26. The van der Waals surface area contributed by atoms with E-state index in [1.165, 1.54) is 11.8 Å². The Morgan fingerprint density at radius 3 is 2.40 bits per heavy atom. The zero-order valence-corrected chi connectivity index (χ0v) is 13.8. The summed E-state index contributed by atoms with van der Waals surface area (Å²) in [6.45, 7) is 2.11. The van der Waals surface area contributed by atoms with E-state index in [1.54, 1.807) is 0 Å². The predicted octanol–water partition coefficient (Wildman–Crippen LogP) is 1.61. The van der Waals surface area contributed by atoms with Crippen molar-refractivity contribution in [3.8, 4) is 0 Å². The second-order valence-electron chi connectivity index (χ2n) is 6.96. The van der Waals surface area contributed by atoms with Gasteiger partial charge in [-0.05, 0) is 25.8 Å². The van der Waals surface area contributed by atoms with Crippen LogP contribution in [0.4, 0.5) is 13.2 Å². The van der Waals surface area contributed by atoms with Gasteiger partial charge in [-0.3, -0.25) is 4.79 Å². The van der Waals surface area contributed by atoms with Crippen LogP contribution in [0.3, 0.4) is 0 Å². The van der Waals surface area contributed by atoms with Crippen molar-refractivity contribution in [1.29, 1.82) is 0 Å². The molecule has 138 valence electrons. The Hall–Kier alpha value is -1.64. The van der Waals surface area contributed by atoms with Gasteiger partial charge >= 0.3 is 0 Å². The van der Waals surface area contributed by atoms with E-state index >= 15 is 0 Å². The van der Waals surface area contributed by atoms with Gasteiger partial charge in [0.05, 0.1) is 17.8 Å². The first kappa shape index (κ1) is 18.2. The molecule has 0 saturated carbocycles. The van der Waals surface area contributed by atoms with Crippen molar-refractivity contribution in [3.63, 3.8) is 0 Å². The molecule has 0 aliphatic carbocycles. The Morgan fingerprint density at radius 1 is 1.16 bits per heavy atom. The summed E-state index contributed by atoms with van der Waals surface area (Å²) >= 11 is 0. The number of benzene rings is 1. The van der Waals surface area contributed by atoms with E-state index in [0.717, 1.165) is 0 Å². The first-order valence-electron chi connectivity index (χ1n) is 8.14. The number of piperidine rings is 1. The number of carbonyl (C=O) groups is 1. The van der Waals surface area contributed by atoms with Crippen molar-refractivity contribution in [2.75, 3.05) is 19.7 Å². The molecule has 2 aliphatic heterocycles. The summed E-state index contributed by atoms with van der Waals surface area (Å²) in [4.78, 5) is 13.7. The quantitative estimate of drug-likeness (QED) is 0.748. The van der Waals surface area contributed by atoms with E-state index in [9.17, 15) is 28.2 Å². The molecule has 25 heavy (non-hydrogen) atoms. The van der Waals surface area contributed by atoms with Crippen molar-refractivity contribution >= 4 is 5.91 Å². The highest BCUT2D eigenvalue weighted by molar-refractivity contribution is 5.94. The maximum atomic E-state index is 13.8. The van der Waals surface area contributed by atoms with Crippen LogP contribution in [0.2, 0.25) is 0 Å². The summed E-state index contributed by atoms with van der Waals surface area (Å²) in [5, 5.41) is 20.7. The molecular formula is C17H20F3NO4. The van der Waals surface area contributed by atoms with E-state index in [2.05, 4.69) is 0 Å². The Bertz CT molecular complexity index is 687. The number of aliphatic hydroxyl groups is 2. The first-order valence-corrected chi connectivity index (χ1v) is 8.14. The van der Waals surface area contributed by atoms with Crippen molar-refractivity contribution in [1.82, 2.24) is 4.90 Å². The number of aliphatic hydroxyl groups excluding tert-OH is 1. The largest absolute Gasteiger partial charge is 0.387 e. The zero-order chi connectivity index (χ0) is 18.4. The molecule has 3 rings (SSSR count). The number of halogens is 3. The minimum absolute atomic E-state index is 0.143. The minimum atomic E-state index is -1.35. The third kappa shape index (κ3) is 3.14. The summed E-state index contributed by atoms with van der Waals surface area (Å²) in [5.74, 6) is -4.52. The number of rotatable bonds is 1. The van der Waals surface area contributed by atoms with Gasteiger partial charge in [0.15, 0.2) is 11.6 Å². The van der Waals surface area contributed by atoms with Crippen molar-refractivity contribution in [3.05, 3.63) is 35.1 Å². The molecule has 0 radical (unpaired) electrons. The Labute approximate surface area is 143 Å². The highest BCUT2D eigenvalue weighted by atomic mass is 19.2. The molecule has 1 spiro atoms. The standard InChI is InChI=1S/C17H20F3NO4/c1-16(24)4-7-25-17(15(16)23)2-5-21(6-3-17)14(22)10-8-12(19)13(20)9-11(10)18/h8-9,15,23-24H,2-7H2,1H3/t15-,16+/m0/s1. The molecule has 2 saturated heterocycles. The molecule has 1 aromatic carbocycles. The molecule has 5 nitrogen and oxygen atoms in total. The predicted molar refractivity (Wildman–Crippen MR) is 81.4 cm³/mol. The van der Waals surface area contributed by atoms with Crippen LogP contribution in [-0.4, -0.2) is 58.0 Å². The molecule has 0 unspecified atom stereocenters. The van der Waals surface area contributed by atoms with E-state index < -0.39 is 46.2 Å². The smallest absolute Gasteiger partial charge is 0.256 e. The molecular weight excluding hydrogens is 339 g/mol. The molecule has 0 bridgehead atoms. The van der Waals surface area contributed by atoms with Gasteiger partial charge in [-0.25, -0.2) is 13.2 Å². The Morgan fingerprint density at radius 2 is 1.76 bits per heavy atom. The van der Waals surface area contributed by atoms with Gasteiger partial charge in [0.2, 0.25) is 0 Å². The molecule has 2 atom stereocenters. The number of hydrogen-bond donors (Lipinski definition) is 2. The second-order valence-corrected chi connectivity index (χ2v) is 6.96. The molecule has 2 N–H and O–H groups in total. The van der Waals surface area contributed by atoms with Crippen molar-refractivity contribution in [2.45, 2.75) is 43.5 Å². The lowest BCUT2D eigenvalue weighted by Crippen LogP contribution is -2.64. The number of ether oxygens (including phenoxy) is 1. The fourth-order valence-corrected chi connectivity index (χ4v) is 3.61. The maximum absolute atomic E-state index is 13.8.